The van der Waals surface area contributed by atoms with Crippen molar-refractivity contribution in [3.05, 3.63) is 20.8 Å². The third-order valence-corrected chi connectivity index (χ3v) is 4.66. The lowest BCUT2D eigenvalue weighted by atomic mass is 10.3. The zero-order valence-electron chi connectivity index (χ0n) is 7.35. The number of hydrogen-bond acceptors (Lipinski definition) is 2. The Balaban J connectivity index is 2.07. The minimum absolute atomic E-state index is 0.0231. The van der Waals surface area contributed by atoms with Crippen LogP contribution in [0.15, 0.2) is 15.9 Å². The van der Waals surface area contributed by atoms with Gasteiger partial charge in [-0.25, -0.2) is 0 Å². The topological polar surface area (TPSA) is 29.1 Å². The van der Waals surface area contributed by atoms with E-state index in [-0.39, 0.29) is 11.4 Å². The van der Waals surface area contributed by atoms with Crippen LogP contribution in [0.2, 0.25) is 0 Å². The van der Waals surface area contributed by atoms with Crippen molar-refractivity contribution in [2.45, 2.75) is 18.4 Å². The summed E-state index contributed by atoms with van der Waals surface area (Å²) < 4.78 is 0.852. The molecule has 0 bridgehead atoms. The molecule has 1 aliphatic rings. The molecule has 2 nitrogen and oxygen atoms in total. The van der Waals surface area contributed by atoms with E-state index in [1.165, 1.54) is 11.3 Å². The SMILES string of the molecule is O=C(NC1(CCl)CC1)c1sccc1Br. The van der Waals surface area contributed by atoms with E-state index < -0.39 is 0 Å². The van der Waals surface area contributed by atoms with Gasteiger partial charge in [0, 0.05) is 10.4 Å². The van der Waals surface area contributed by atoms with Crippen LogP contribution in [-0.4, -0.2) is 17.3 Å². The molecule has 1 N–H and O–H groups in total. The Morgan fingerprint density at radius 1 is 1.71 bits per heavy atom. The van der Waals surface area contributed by atoms with E-state index in [1.54, 1.807) is 0 Å². The second kappa shape index (κ2) is 3.83. The maximum absolute atomic E-state index is 11.8. The number of carbonyl (C=O) groups is 1. The Labute approximate surface area is 99.8 Å². The van der Waals surface area contributed by atoms with Crippen molar-refractivity contribution < 1.29 is 4.79 Å². The molecule has 2 rings (SSSR count). The van der Waals surface area contributed by atoms with E-state index in [9.17, 15) is 4.79 Å². The van der Waals surface area contributed by atoms with Crippen molar-refractivity contribution in [2.24, 2.45) is 0 Å². The van der Waals surface area contributed by atoms with Gasteiger partial charge in [0.1, 0.15) is 4.88 Å². The second-order valence-corrected chi connectivity index (χ2v) is 5.50. The fourth-order valence-corrected chi connectivity index (χ4v) is 2.98. The fraction of sp³-hybridized carbons (Fsp3) is 0.444. The van der Waals surface area contributed by atoms with Crippen LogP contribution < -0.4 is 5.32 Å². The van der Waals surface area contributed by atoms with Crippen molar-refractivity contribution in [3.8, 4) is 0 Å². The van der Waals surface area contributed by atoms with Gasteiger partial charge >= 0.3 is 0 Å². The molecule has 0 spiro atoms. The van der Waals surface area contributed by atoms with Gasteiger partial charge in [0.25, 0.3) is 5.91 Å². The third-order valence-electron chi connectivity index (χ3n) is 2.31. The van der Waals surface area contributed by atoms with Gasteiger partial charge in [-0.05, 0) is 40.2 Å². The Bertz CT molecular complexity index is 361. The van der Waals surface area contributed by atoms with E-state index in [4.69, 9.17) is 11.6 Å². The van der Waals surface area contributed by atoms with Crippen molar-refractivity contribution >= 4 is 44.8 Å². The Hall–Kier alpha value is -0.0600. The van der Waals surface area contributed by atoms with Gasteiger partial charge in [-0.15, -0.1) is 22.9 Å². The van der Waals surface area contributed by atoms with Gasteiger partial charge in [-0.1, -0.05) is 0 Å². The lowest BCUT2D eigenvalue weighted by molar-refractivity contribution is 0.0939. The third kappa shape index (κ3) is 1.97. The number of nitrogens with one attached hydrogen (secondary N) is 1. The molecule has 1 aromatic rings. The normalized spacial score (nSPS) is 17.9. The summed E-state index contributed by atoms with van der Waals surface area (Å²) in [5, 5.41) is 4.86. The minimum Gasteiger partial charge on any atom is -0.345 e. The number of carbonyl (C=O) groups excluding carboxylic acids is 1. The predicted molar refractivity (Wildman–Crippen MR) is 62.2 cm³/mol. The van der Waals surface area contributed by atoms with Crippen molar-refractivity contribution in [2.75, 3.05) is 5.88 Å². The number of amides is 1. The van der Waals surface area contributed by atoms with Gasteiger partial charge in [0.05, 0.1) is 5.54 Å². The predicted octanol–water partition coefficient (Wildman–Crippen LogP) is 3.01. The standard InChI is InChI=1S/C9H9BrClNOS/c10-6-1-4-14-7(6)8(13)12-9(5-11)2-3-9/h1,4H,2-3,5H2,(H,12,13). The molecular weight excluding hydrogens is 286 g/mol. The first-order valence-corrected chi connectivity index (χ1v) is 6.49. The maximum atomic E-state index is 11.8. The molecule has 0 unspecified atom stereocenters. The van der Waals surface area contributed by atoms with Gasteiger partial charge in [-0.2, -0.15) is 0 Å². The van der Waals surface area contributed by atoms with E-state index in [2.05, 4.69) is 21.2 Å². The first-order valence-electron chi connectivity index (χ1n) is 4.28. The van der Waals surface area contributed by atoms with Crippen LogP contribution in [0.5, 0.6) is 0 Å². The average molecular weight is 295 g/mol. The molecule has 5 heteroatoms. The lowest BCUT2D eigenvalue weighted by Crippen LogP contribution is -2.37. The van der Waals surface area contributed by atoms with Crippen LogP contribution >= 0.6 is 38.9 Å². The monoisotopic (exact) mass is 293 g/mol. The molecule has 76 valence electrons. The molecule has 0 saturated heterocycles. The van der Waals surface area contributed by atoms with Crippen LogP contribution in [0, 0.1) is 0 Å². The zero-order valence-corrected chi connectivity index (χ0v) is 10.5. The summed E-state index contributed by atoms with van der Waals surface area (Å²) in [6.45, 7) is 0. The Kier molecular flexibility index (Phi) is 2.86. The molecule has 14 heavy (non-hydrogen) atoms. The summed E-state index contributed by atoms with van der Waals surface area (Å²) in [6, 6.07) is 1.87. The van der Waals surface area contributed by atoms with E-state index in [1.807, 2.05) is 11.4 Å². The van der Waals surface area contributed by atoms with Crippen molar-refractivity contribution in [1.29, 1.82) is 0 Å². The van der Waals surface area contributed by atoms with Crippen LogP contribution in [-0.2, 0) is 0 Å². The highest BCUT2D eigenvalue weighted by Crippen LogP contribution is 2.37. The van der Waals surface area contributed by atoms with Crippen molar-refractivity contribution in [3.63, 3.8) is 0 Å². The molecule has 1 fully saturated rings. The smallest absolute Gasteiger partial charge is 0.262 e. The minimum atomic E-state index is -0.123. The largest absolute Gasteiger partial charge is 0.345 e. The molecule has 0 atom stereocenters. The number of rotatable bonds is 3. The first-order chi connectivity index (χ1) is 6.67. The van der Waals surface area contributed by atoms with E-state index >= 15 is 0 Å². The summed E-state index contributed by atoms with van der Waals surface area (Å²) in [5.41, 5.74) is -0.123. The van der Waals surface area contributed by atoms with Gasteiger partial charge in [-0.3, -0.25) is 4.79 Å². The molecule has 1 aliphatic carbocycles. The molecule has 0 aromatic carbocycles. The quantitative estimate of drug-likeness (QED) is 0.853. The summed E-state index contributed by atoms with van der Waals surface area (Å²) >= 11 is 10.5. The maximum Gasteiger partial charge on any atom is 0.262 e. The number of alkyl halides is 1. The Morgan fingerprint density at radius 2 is 2.43 bits per heavy atom. The zero-order chi connectivity index (χ0) is 10.2. The molecular formula is C9H9BrClNOS. The summed E-state index contributed by atoms with van der Waals surface area (Å²) in [4.78, 5) is 12.5. The molecule has 0 aliphatic heterocycles. The van der Waals surface area contributed by atoms with Crippen LogP contribution in [0.1, 0.15) is 22.5 Å². The molecule has 1 heterocycles. The molecule has 1 amide bonds. The second-order valence-electron chi connectivity index (χ2n) is 3.47. The highest BCUT2D eigenvalue weighted by molar-refractivity contribution is 9.10. The van der Waals surface area contributed by atoms with Gasteiger partial charge in [0.2, 0.25) is 0 Å². The van der Waals surface area contributed by atoms with Crippen molar-refractivity contribution in [1.82, 2.24) is 5.32 Å². The highest BCUT2D eigenvalue weighted by Gasteiger charge is 2.43. The first kappa shape index (κ1) is 10.5. The summed E-state index contributed by atoms with van der Waals surface area (Å²) in [6.07, 6.45) is 1.98. The number of thiophene rings is 1. The Morgan fingerprint density at radius 3 is 2.86 bits per heavy atom. The van der Waals surface area contributed by atoms with Gasteiger partial charge < -0.3 is 5.32 Å². The van der Waals surface area contributed by atoms with Crippen LogP contribution in [0.4, 0.5) is 0 Å². The van der Waals surface area contributed by atoms with E-state index in [0.717, 1.165) is 22.2 Å². The van der Waals surface area contributed by atoms with E-state index in [0.29, 0.717) is 5.88 Å². The van der Waals surface area contributed by atoms with Gasteiger partial charge in [0.15, 0.2) is 0 Å². The summed E-state index contributed by atoms with van der Waals surface area (Å²) in [5.74, 6) is 0.479. The average Bonchev–Trinajstić information content (AvgIpc) is 2.80. The molecule has 1 aromatic heterocycles. The number of halogens is 2. The highest BCUT2D eigenvalue weighted by atomic mass is 79.9. The number of hydrogen-bond donors (Lipinski definition) is 1. The summed E-state index contributed by atoms with van der Waals surface area (Å²) in [7, 11) is 0. The molecule has 0 radical (unpaired) electrons. The lowest BCUT2D eigenvalue weighted by Gasteiger charge is -2.12. The fourth-order valence-electron chi connectivity index (χ4n) is 1.20. The van der Waals surface area contributed by atoms with Crippen LogP contribution in [0.25, 0.3) is 0 Å². The van der Waals surface area contributed by atoms with Crippen LogP contribution in [0.3, 0.4) is 0 Å². The molecule has 1 saturated carbocycles.